The molecule has 2 atom stereocenters. The topological polar surface area (TPSA) is 23.5 Å². The Hall–Kier alpha value is -1.30. The van der Waals surface area contributed by atoms with Crippen molar-refractivity contribution in [1.82, 2.24) is 4.90 Å². The number of hydrogen-bond acceptors (Lipinski definition) is 2. The van der Waals surface area contributed by atoms with Gasteiger partial charge in [0.2, 0.25) is 0 Å². The zero-order chi connectivity index (χ0) is 12.8. The van der Waals surface area contributed by atoms with Crippen molar-refractivity contribution in [3.63, 3.8) is 0 Å². The number of nitrogens with zero attached hydrogens (tertiary/aromatic N) is 1. The average Bonchev–Trinajstić information content (AvgIpc) is 2.42. The normalized spacial score (nSPS) is 24.3. The zero-order valence-corrected chi connectivity index (χ0v) is 11.0. The van der Waals surface area contributed by atoms with Crippen LogP contribution in [-0.4, -0.2) is 35.7 Å². The summed E-state index contributed by atoms with van der Waals surface area (Å²) in [5.41, 5.74) is 1.07. The van der Waals surface area contributed by atoms with Crippen LogP contribution in [-0.2, 0) is 0 Å². The van der Waals surface area contributed by atoms with E-state index in [1.54, 1.807) is 0 Å². The van der Waals surface area contributed by atoms with Crippen molar-refractivity contribution in [3.8, 4) is 11.8 Å². The summed E-state index contributed by atoms with van der Waals surface area (Å²) < 4.78 is 0. The van der Waals surface area contributed by atoms with Crippen LogP contribution in [0.3, 0.4) is 0 Å². The Morgan fingerprint density at radius 1 is 1.33 bits per heavy atom. The maximum atomic E-state index is 9.83. The molecule has 1 aliphatic heterocycles. The van der Waals surface area contributed by atoms with Crippen LogP contribution in [0.5, 0.6) is 0 Å². The first-order valence-electron chi connectivity index (χ1n) is 6.74. The number of aliphatic hydroxyl groups is 1. The van der Waals surface area contributed by atoms with Gasteiger partial charge in [0.05, 0.1) is 12.6 Å². The molecule has 1 saturated heterocycles. The van der Waals surface area contributed by atoms with E-state index in [1.165, 1.54) is 0 Å². The molecule has 96 valence electrons. The van der Waals surface area contributed by atoms with Gasteiger partial charge in [0.15, 0.2) is 0 Å². The lowest BCUT2D eigenvalue weighted by atomic mass is 9.92. The molecular weight excluding hydrogens is 222 g/mol. The van der Waals surface area contributed by atoms with E-state index in [0.29, 0.717) is 5.92 Å². The fourth-order valence-electron chi connectivity index (χ4n) is 2.41. The van der Waals surface area contributed by atoms with Crippen LogP contribution in [0.2, 0.25) is 0 Å². The lowest BCUT2D eigenvalue weighted by Crippen LogP contribution is -2.42. The number of piperidine rings is 1. The first-order valence-corrected chi connectivity index (χ1v) is 6.74. The van der Waals surface area contributed by atoms with E-state index < -0.39 is 0 Å². The molecule has 1 aromatic carbocycles. The smallest absolute Gasteiger partial charge is 0.0605 e. The predicted octanol–water partition coefficient (Wildman–Crippen LogP) is 2.13. The quantitative estimate of drug-likeness (QED) is 0.804. The summed E-state index contributed by atoms with van der Waals surface area (Å²) in [6, 6.07) is 10.1. The van der Waals surface area contributed by atoms with Gasteiger partial charge in [0.1, 0.15) is 0 Å². The molecule has 2 heteroatoms. The van der Waals surface area contributed by atoms with E-state index in [0.717, 1.165) is 38.0 Å². The van der Waals surface area contributed by atoms with Crippen LogP contribution in [0.25, 0.3) is 0 Å². The van der Waals surface area contributed by atoms with Crippen molar-refractivity contribution < 1.29 is 5.11 Å². The van der Waals surface area contributed by atoms with Gasteiger partial charge in [-0.25, -0.2) is 0 Å². The van der Waals surface area contributed by atoms with E-state index in [2.05, 4.69) is 23.7 Å². The van der Waals surface area contributed by atoms with Crippen molar-refractivity contribution in [2.24, 2.45) is 5.92 Å². The fraction of sp³-hybridized carbons (Fsp3) is 0.500. The number of benzene rings is 1. The van der Waals surface area contributed by atoms with Crippen molar-refractivity contribution in [2.75, 3.05) is 19.6 Å². The molecule has 0 amide bonds. The van der Waals surface area contributed by atoms with Gasteiger partial charge in [-0.3, -0.25) is 4.90 Å². The van der Waals surface area contributed by atoms with Crippen LogP contribution in [0, 0.1) is 17.8 Å². The third kappa shape index (κ3) is 3.60. The number of likely N-dealkylation sites (tertiary alicyclic amines) is 1. The molecule has 2 nitrogen and oxygen atoms in total. The molecule has 0 bridgehead atoms. The molecule has 0 aromatic heterocycles. The van der Waals surface area contributed by atoms with E-state index >= 15 is 0 Å². The Morgan fingerprint density at radius 3 is 2.83 bits per heavy atom. The summed E-state index contributed by atoms with van der Waals surface area (Å²) in [5, 5.41) is 9.83. The maximum absolute atomic E-state index is 9.83. The molecular formula is C16H21NO. The van der Waals surface area contributed by atoms with E-state index in [9.17, 15) is 5.11 Å². The number of rotatable bonds is 2. The molecule has 1 fully saturated rings. The summed E-state index contributed by atoms with van der Waals surface area (Å²) in [6.07, 6.45) is 1.81. The molecule has 0 saturated carbocycles. The second-order valence-electron chi connectivity index (χ2n) is 4.93. The summed E-state index contributed by atoms with van der Waals surface area (Å²) in [4.78, 5) is 2.34. The van der Waals surface area contributed by atoms with Gasteiger partial charge in [-0.1, -0.05) is 37.0 Å². The largest absolute Gasteiger partial charge is 0.393 e. The Balaban J connectivity index is 1.86. The van der Waals surface area contributed by atoms with Gasteiger partial charge < -0.3 is 5.11 Å². The number of hydrogen-bond donors (Lipinski definition) is 1. The minimum absolute atomic E-state index is 0.117. The zero-order valence-electron chi connectivity index (χ0n) is 11.0. The van der Waals surface area contributed by atoms with Crippen molar-refractivity contribution >= 4 is 0 Å². The Kier molecular flexibility index (Phi) is 4.81. The molecule has 1 N–H and O–H groups in total. The molecule has 2 unspecified atom stereocenters. The summed E-state index contributed by atoms with van der Waals surface area (Å²) in [7, 11) is 0. The minimum atomic E-state index is -0.117. The van der Waals surface area contributed by atoms with Crippen LogP contribution in [0.4, 0.5) is 0 Å². The molecule has 0 aliphatic carbocycles. The van der Waals surface area contributed by atoms with E-state index in [1.807, 2.05) is 30.3 Å². The predicted molar refractivity (Wildman–Crippen MR) is 74.2 cm³/mol. The summed E-state index contributed by atoms with van der Waals surface area (Å²) in [6.45, 7) is 4.88. The third-order valence-electron chi connectivity index (χ3n) is 3.61. The molecule has 1 heterocycles. The lowest BCUT2D eigenvalue weighted by molar-refractivity contribution is 0.0302. The van der Waals surface area contributed by atoms with Crippen molar-refractivity contribution in [1.29, 1.82) is 0 Å². The van der Waals surface area contributed by atoms with E-state index in [-0.39, 0.29) is 6.10 Å². The standard InChI is InChI=1S/C16H21NO/c1-2-15-13-17(12-10-16(15)18)11-6-9-14-7-4-3-5-8-14/h3-5,7-8,15-16,18H,2,10-13H2,1H3. The first kappa shape index (κ1) is 13.1. The van der Waals surface area contributed by atoms with Crippen LogP contribution in [0.1, 0.15) is 25.3 Å². The van der Waals surface area contributed by atoms with E-state index in [4.69, 9.17) is 0 Å². The summed E-state index contributed by atoms with van der Waals surface area (Å²) >= 11 is 0. The fourth-order valence-corrected chi connectivity index (χ4v) is 2.41. The third-order valence-corrected chi connectivity index (χ3v) is 3.61. The maximum Gasteiger partial charge on any atom is 0.0605 e. The number of aliphatic hydroxyl groups excluding tert-OH is 1. The Bertz CT molecular complexity index is 418. The Labute approximate surface area is 110 Å². The Morgan fingerprint density at radius 2 is 2.11 bits per heavy atom. The first-order chi connectivity index (χ1) is 8.79. The highest BCUT2D eigenvalue weighted by atomic mass is 16.3. The molecule has 0 radical (unpaired) electrons. The van der Waals surface area contributed by atoms with Crippen molar-refractivity contribution in [3.05, 3.63) is 35.9 Å². The molecule has 18 heavy (non-hydrogen) atoms. The highest BCUT2D eigenvalue weighted by molar-refractivity contribution is 5.33. The second-order valence-corrected chi connectivity index (χ2v) is 4.93. The highest BCUT2D eigenvalue weighted by Gasteiger charge is 2.25. The van der Waals surface area contributed by atoms with Gasteiger partial charge in [-0.15, -0.1) is 0 Å². The minimum Gasteiger partial charge on any atom is -0.393 e. The lowest BCUT2D eigenvalue weighted by Gasteiger charge is -2.34. The highest BCUT2D eigenvalue weighted by Crippen LogP contribution is 2.19. The molecule has 2 rings (SSSR count). The van der Waals surface area contributed by atoms with Gasteiger partial charge >= 0.3 is 0 Å². The van der Waals surface area contributed by atoms with Crippen LogP contribution >= 0.6 is 0 Å². The van der Waals surface area contributed by atoms with Gasteiger partial charge in [-0.05, 0) is 30.9 Å². The van der Waals surface area contributed by atoms with Crippen LogP contribution < -0.4 is 0 Å². The summed E-state index contributed by atoms with van der Waals surface area (Å²) in [5.74, 6) is 6.82. The van der Waals surface area contributed by atoms with Gasteiger partial charge in [-0.2, -0.15) is 0 Å². The molecule has 1 aromatic rings. The molecule has 0 spiro atoms. The van der Waals surface area contributed by atoms with Gasteiger partial charge in [0.25, 0.3) is 0 Å². The SMILES string of the molecule is CCC1CN(CC#Cc2ccccc2)CCC1O. The average molecular weight is 243 g/mol. The van der Waals surface area contributed by atoms with Crippen molar-refractivity contribution in [2.45, 2.75) is 25.9 Å². The second kappa shape index (κ2) is 6.58. The van der Waals surface area contributed by atoms with Gasteiger partial charge in [0, 0.05) is 18.7 Å². The monoisotopic (exact) mass is 243 g/mol. The van der Waals surface area contributed by atoms with Crippen LogP contribution in [0.15, 0.2) is 30.3 Å². The molecule has 1 aliphatic rings.